The molecule has 0 bridgehead atoms. The summed E-state index contributed by atoms with van der Waals surface area (Å²) in [6.07, 6.45) is -3.45. The molecule has 15 heavy (non-hydrogen) atoms. The van der Waals surface area contributed by atoms with Crippen molar-refractivity contribution in [3.63, 3.8) is 0 Å². The summed E-state index contributed by atoms with van der Waals surface area (Å²) in [6, 6.07) is 0. The Morgan fingerprint density at radius 1 is 1.47 bits per heavy atom. The third-order valence-electron chi connectivity index (χ3n) is 1.64. The van der Waals surface area contributed by atoms with Crippen molar-refractivity contribution in [2.75, 3.05) is 14.2 Å². The van der Waals surface area contributed by atoms with Gasteiger partial charge in [-0.25, -0.2) is 4.98 Å². The molecule has 0 radical (unpaired) electrons. The standard InChI is InChI=1S/C8H10F3N3O/c1-12-3-5-4-13-7(8(9,10)11)14-6(5)15-2/h4,12H,3H2,1-2H3. The third-order valence-corrected chi connectivity index (χ3v) is 1.64. The molecule has 0 saturated heterocycles. The van der Waals surface area contributed by atoms with Gasteiger partial charge >= 0.3 is 6.18 Å². The average Bonchev–Trinajstić information content (AvgIpc) is 2.17. The number of hydrogen-bond donors (Lipinski definition) is 1. The van der Waals surface area contributed by atoms with Gasteiger partial charge in [0.1, 0.15) is 0 Å². The van der Waals surface area contributed by atoms with Crippen LogP contribution in [-0.4, -0.2) is 24.1 Å². The lowest BCUT2D eigenvalue weighted by atomic mass is 10.3. The first kappa shape index (κ1) is 11.7. The molecule has 1 N–H and O–H groups in total. The highest BCUT2D eigenvalue weighted by Crippen LogP contribution is 2.27. The lowest BCUT2D eigenvalue weighted by molar-refractivity contribution is -0.145. The molecule has 1 aromatic rings. The summed E-state index contributed by atoms with van der Waals surface area (Å²) in [4.78, 5) is 6.50. The van der Waals surface area contributed by atoms with Crippen LogP contribution >= 0.6 is 0 Å². The van der Waals surface area contributed by atoms with E-state index in [0.29, 0.717) is 12.1 Å². The Labute approximate surface area is 84.5 Å². The summed E-state index contributed by atoms with van der Waals surface area (Å²) in [5.74, 6) is -1.26. The van der Waals surface area contributed by atoms with Gasteiger partial charge in [-0.3, -0.25) is 0 Å². The van der Waals surface area contributed by atoms with Gasteiger partial charge in [0.15, 0.2) is 0 Å². The SMILES string of the molecule is CNCc1cnc(C(F)(F)F)nc1OC. The maximum Gasteiger partial charge on any atom is 0.451 e. The largest absolute Gasteiger partial charge is 0.481 e. The molecule has 7 heteroatoms. The van der Waals surface area contributed by atoms with Crippen molar-refractivity contribution in [3.05, 3.63) is 17.6 Å². The number of rotatable bonds is 3. The summed E-state index contributed by atoms with van der Waals surface area (Å²) >= 11 is 0. The minimum Gasteiger partial charge on any atom is -0.481 e. The highest BCUT2D eigenvalue weighted by molar-refractivity contribution is 5.24. The minimum absolute atomic E-state index is 0.0633. The summed E-state index contributed by atoms with van der Waals surface area (Å²) in [5, 5.41) is 2.78. The van der Waals surface area contributed by atoms with Crippen LogP contribution < -0.4 is 10.1 Å². The number of halogens is 3. The quantitative estimate of drug-likeness (QED) is 0.833. The van der Waals surface area contributed by atoms with Crippen LogP contribution in [0.15, 0.2) is 6.20 Å². The van der Waals surface area contributed by atoms with E-state index >= 15 is 0 Å². The highest BCUT2D eigenvalue weighted by Gasteiger charge is 2.35. The topological polar surface area (TPSA) is 47.0 Å². The first-order chi connectivity index (χ1) is 6.99. The van der Waals surface area contributed by atoms with Crippen LogP contribution in [0, 0.1) is 0 Å². The number of methoxy groups -OCH3 is 1. The smallest absolute Gasteiger partial charge is 0.451 e. The predicted octanol–water partition coefficient (Wildman–Crippen LogP) is 1.22. The lowest BCUT2D eigenvalue weighted by Crippen LogP contribution is -2.14. The van der Waals surface area contributed by atoms with E-state index in [0.717, 1.165) is 6.20 Å². The molecule has 0 saturated carbocycles. The molecular formula is C8H10F3N3O. The van der Waals surface area contributed by atoms with Gasteiger partial charge in [0.25, 0.3) is 0 Å². The minimum atomic E-state index is -4.55. The average molecular weight is 221 g/mol. The van der Waals surface area contributed by atoms with Crippen LogP contribution in [0.5, 0.6) is 5.88 Å². The molecule has 0 aliphatic carbocycles. The van der Waals surface area contributed by atoms with E-state index in [1.165, 1.54) is 7.11 Å². The Balaban J connectivity index is 3.08. The Bertz CT molecular complexity index is 340. The second kappa shape index (κ2) is 4.43. The van der Waals surface area contributed by atoms with Crippen molar-refractivity contribution in [2.24, 2.45) is 0 Å². The Kier molecular flexibility index (Phi) is 3.46. The molecule has 1 aromatic heterocycles. The van der Waals surface area contributed by atoms with Crippen molar-refractivity contribution in [2.45, 2.75) is 12.7 Å². The van der Waals surface area contributed by atoms with E-state index in [2.05, 4.69) is 15.3 Å². The van der Waals surface area contributed by atoms with E-state index in [1.807, 2.05) is 0 Å². The van der Waals surface area contributed by atoms with E-state index in [4.69, 9.17) is 4.74 Å². The lowest BCUT2D eigenvalue weighted by Gasteiger charge is -2.09. The molecular weight excluding hydrogens is 211 g/mol. The van der Waals surface area contributed by atoms with Gasteiger partial charge in [0, 0.05) is 18.3 Å². The zero-order valence-corrected chi connectivity index (χ0v) is 8.22. The van der Waals surface area contributed by atoms with E-state index in [-0.39, 0.29) is 5.88 Å². The van der Waals surface area contributed by atoms with Gasteiger partial charge in [0.2, 0.25) is 11.7 Å². The van der Waals surface area contributed by atoms with E-state index in [9.17, 15) is 13.2 Å². The van der Waals surface area contributed by atoms with E-state index < -0.39 is 12.0 Å². The van der Waals surface area contributed by atoms with Crippen LogP contribution in [0.2, 0.25) is 0 Å². The highest BCUT2D eigenvalue weighted by atomic mass is 19.4. The van der Waals surface area contributed by atoms with Gasteiger partial charge in [-0.2, -0.15) is 18.2 Å². The van der Waals surface area contributed by atoms with Gasteiger partial charge < -0.3 is 10.1 Å². The zero-order valence-electron chi connectivity index (χ0n) is 8.22. The Hall–Kier alpha value is -1.37. The number of alkyl halides is 3. The van der Waals surface area contributed by atoms with E-state index in [1.54, 1.807) is 7.05 Å². The molecule has 84 valence electrons. The molecule has 0 aliphatic rings. The summed E-state index contributed by atoms with van der Waals surface area (Å²) in [7, 11) is 2.93. The molecule has 0 aliphatic heterocycles. The van der Waals surface area contributed by atoms with Gasteiger partial charge in [-0.05, 0) is 7.05 Å². The third kappa shape index (κ3) is 2.79. The van der Waals surface area contributed by atoms with Crippen LogP contribution in [0.25, 0.3) is 0 Å². The van der Waals surface area contributed by atoms with Crippen molar-refractivity contribution < 1.29 is 17.9 Å². The molecule has 0 amide bonds. The van der Waals surface area contributed by atoms with Gasteiger partial charge in [0.05, 0.1) is 7.11 Å². The maximum atomic E-state index is 12.2. The number of nitrogens with zero attached hydrogens (tertiary/aromatic N) is 2. The van der Waals surface area contributed by atoms with Gasteiger partial charge in [-0.1, -0.05) is 0 Å². The Morgan fingerprint density at radius 2 is 2.13 bits per heavy atom. The summed E-state index contributed by atoms with van der Waals surface area (Å²) < 4.78 is 41.4. The van der Waals surface area contributed by atoms with Crippen LogP contribution in [0.4, 0.5) is 13.2 Å². The molecule has 0 fully saturated rings. The van der Waals surface area contributed by atoms with Crippen molar-refractivity contribution in [1.82, 2.24) is 15.3 Å². The molecule has 0 spiro atoms. The first-order valence-electron chi connectivity index (χ1n) is 4.10. The number of aromatic nitrogens is 2. The Morgan fingerprint density at radius 3 is 2.60 bits per heavy atom. The normalized spacial score (nSPS) is 11.5. The molecule has 0 unspecified atom stereocenters. The molecule has 1 rings (SSSR count). The van der Waals surface area contributed by atoms with Crippen LogP contribution in [0.1, 0.15) is 11.4 Å². The second-order valence-electron chi connectivity index (χ2n) is 2.76. The first-order valence-corrected chi connectivity index (χ1v) is 4.10. The fourth-order valence-corrected chi connectivity index (χ4v) is 1.02. The second-order valence-corrected chi connectivity index (χ2v) is 2.76. The van der Waals surface area contributed by atoms with Crippen molar-refractivity contribution in [1.29, 1.82) is 0 Å². The van der Waals surface area contributed by atoms with Crippen LogP contribution in [-0.2, 0) is 12.7 Å². The molecule has 4 nitrogen and oxygen atoms in total. The predicted molar refractivity (Wildman–Crippen MR) is 46.3 cm³/mol. The maximum absolute atomic E-state index is 12.2. The fourth-order valence-electron chi connectivity index (χ4n) is 1.02. The van der Waals surface area contributed by atoms with Gasteiger partial charge in [-0.15, -0.1) is 0 Å². The summed E-state index contributed by atoms with van der Waals surface area (Å²) in [6.45, 7) is 0.349. The summed E-state index contributed by atoms with van der Waals surface area (Å²) in [5.41, 5.74) is 0.480. The number of ether oxygens (including phenoxy) is 1. The zero-order chi connectivity index (χ0) is 11.5. The molecule has 0 aromatic carbocycles. The van der Waals surface area contributed by atoms with Crippen LogP contribution in [0.3, 0.4) is 0 Å². The van der Waals surface area contributed by atoms with Crippen molar-refractivity contribution >= 4 is 0 Å². The number of nitrogens with one attached hydrogen (secondary N) is 1. The number of hydrogen-bond acceptors (Lipinski definition) is 4. The van der Waals surface area contributed by atoms with Crippen molar-refractivity contribution in [3.8, 4) is 5.88 Å². The monoisotopic (exact) mass is 221 g/mol. The fraction of sp³-hybridized carbons (Fsp3) is 0.500. The molecule has 0 atom stereocenters. The molecule has 1 heterocycles.